The maximum Gasteiger partial charge on any atom is 0.136 e. The Morgan fingerprint density at radius 1 is 1.36 bits per heavy atom. The molecular weight excluding hydrogens is 136 g/mol. The zero-order valence-corrected chi connectivity index (χ0v) is 7.55. The molecule has 2 saturated carbocycles. The summed E-state index contributed by atoms with van der Waals surface area (Å²) in [6, 6.07) is 0. The highest BCUT2D eigenvalue weighted by Crippen LogP contribution is 2.64. The molecule has 1 unspecified atom stereocenters. The molecular formula is C10H16O. The first kappa shape index (κ1) is 7.33. The minimum atomic E-state index is 0.345. The van der Waals surface area contributed by atoms with Crippen molar-refractivity contribution in [2.75, 3.05) is 0 Å². The van der Waals surface area contributed by atoms with Crippen LogP contribution in [0.1, 0.15) is 33.6 Å². The van der Waals surface area contributed by atoms with Gasteiger partial charge in [0.1, 0.15) is 5.78 Å². The van der Waals surface area contributed by atoms with Crippen LogP contribution >= 0.6 is 0 Å². The van der Waals surface area contributed by atoms with E-state index in [4.69, 9.17) is 0 Å². The number of Topliss-reactive ketones (excluding diaryl/α,β-unsaturated/α-hetero) is 1. The van der Waals surface area contributed by atoms with Crippen LogP contribution in [-0.4, -0.2) is 5.78 Å². The number of rotatable bonds is 0. The molecule has 0 amide bonds. The van der Waals surface area contributed by atoms with Crippen molar-refractivity contribution in [3.63, 3.8) is 0 Å². The molecule has 1 heteroatoms. The van der Waals surface area contributed by atoms with Gasteiger partial charge >= 0.3 is 0 Å². The van der Waals surface area contributed by atoms with Crippen molar-refractivity contribution in [2.24, 2.45) is 23.2 Å². The highest BCUT2D eigenvalue weighted by atomic mass is 16.1. The Morgan fingerprint density at radius 2 is 2.00 bits per heavy atom. The maximum absolute atomic E-state index is 11.3. The monoisotopic (exact) mass is 152 g/mol. The highest BCUT2D eigenvalue weighted by Gasteiger charge is 2.60. The van der Waals surface area contributed by atoms with E-state index < -0.39 is 0 Å². The van der Waals surface area contributed by atoms with Gasteiger partial charge < -0.3 is 0 Å². The molecule has 0 spiro atoms. The minimum Gasteiger partial charge on any atom is -0.299 e. The number of carbonyl (C=O) groups excluding carboxylic acids is 1. The van der Waals surface area contributed by atoms with E-state index in [-0.39, 0.29) is 0 Å². The third-order valence-electron chi connectivity index (χ3n) is 3.87. The second kappa shape index (κ2) is 1.88. The highest BCUT2D eigenvalue weighted by molar-refractivity contribution is 5.82. The molecule has 0 saturated heterocycles. The molecule has 2 rings (SSSR count). The molecule has 0 bridgehead atoms. The summed E-state index contributed by atoms with van der Waals surface area (Å²) >= 11 is 0. The SMILES string of the molecule is C[C@@H]1C[C@@H]2C(CC1=O)C2(C)C. The quantitative estimate of drug-likeness (QED) is 0.520. The molecule has 1 nitrogen and oxygen atoms in total. The van der Waals surface area contributed by atoms with Gasteiger partial charge in [-0.1, -0.05) is 20.8 Å². The smallest absolute Gasteiger partial charge is 0.136 e. The largest absolute Gasteiger partial charge is 0.299 e. The third-order valence-corrected chi connectivity index (χ3v) is 3.87. The average molecular weight is 152 g/mol. The van der Waals surface area contributed by atoms with Crippen molar-refractivity contribution in [2.45, 2.75) is 33.6 Å². The van der Waals surface area contributed by atoms with Crippen LogP contribution in [0, 0.1) is 23.2 Å². The van der Waals surface area contributed by atoms with E-state index in [9.17, 15) is 4.79 Å². The van der Waals surface area contributed by atoms with Gasteiger partial charge in [-0.25, -0.2) is 0 Å². The Labute approximate surface area is 68.2 Å². The van der Waals surface area contributed by atoms with E-state index in [2.05, 4.69) is 20.8 Å². The van der Waals surface area contributed by atoms with Gasteiger partial charge in [-0.05, 0) is 23.7 Å². The molecule has 2 aliphatic rings. The van der Waals surface area contributed by atoms with Gasteiger partial charge in [0.2, 0.25) is 0 Å². The van der Waals surface area contributed by atoms with Crippen LogP contribution < -0.4 is 0 Å². The third kappa shape index (κ3) is 0.863. The first-order chi connectivity index (χ1) is 5.03. The molecule has 0 aromatic carbocycles. The number of hydrogen-bond donors (Lipinski definition) is 0. The molecule has 0 aromatic rings. The Hall–Kier alpha value is -0.330. The van der Waals surface area contributed by atoms with Crippen LogP contribution in [0.4, 0.5) is 0 Å². The van der Waals surface area contributed by atoms with E-state index >= 15 is 0 Å². The van der Waals surface area contributed by atoms with E-state index in [1.165, 1.54) is 0 Å². The lowest BCUT2D eigenvalue weighted by Crippen LogP contribution is -2.17. The van der Waals surface area contributed by atoms with Crippen LogP contribution in [0.2, 0.25) is 0 Å². The second-order valence-corrected chi connectivity index (χ2v) is 4.84. The van der Waals surface area contributed by atoms with Crippen LogP contribution in [0.25, 0.3) is 0 Å². The molecule has 0 radical (unpaired) electrons. The number of carbonyl (C=O) groups is 1. The first-order valence-corrected chi connectivity index (χ1v) is 4.56. The van der Waals surface area contributed by atoms with Gasteiger partial charge in [0, 0.05) is 12.3 Å². The van der Waals surface area contributed by atoms with Crippen LogP contribution in [0.3, 0.4) is 0 Å². The van der Waals surface area contributed by atoms with Gasteiger partial charge in [-0.15, -0.1) is 0 Å². The molecule has 0 heterocycles. The lowest BCUT2D eigenvalue weighted by molar-refractivity contribution is -0.124. The maximum atomic E-state index is 11.3. The Kier molecular flexibility index (Phi) is 1.25. The van der Waals surface area contributed by atoms with Crippen molar-refractivity contribution < 1.29 is 4.79 Å². The standard InChI is InChI=1S/C10H16O/c1-6-4-7-8(5-9(6)11)10(7,2)3/h6-8H,4-5H2,1-3H3/t6-,7-,8?/m1/s1. The molecule has 0 aliphatic heterocycles. The fourth-order valence-corrected chi connectivity index (χ4v) is 2.66. The number of hydrogen-bond acceptors (Lipinski definition) is 1. The topological polar surface area (TPSA) is 17.1 Å². The van der Waals surface area contributed by atoms with Gasteiger partial charge in [0.05, 0.1) is 0 Å². The molecule has 0 aromatic heterocycles. The molecule has 0 N–H and O–H groups in total. The van der Waals surface area contributed by atoms with Crippen molar-refractivity contribution in [1.82, 2.24) is 0 Å². The predicted octanol–water partition coefficient (Wildman–Crippen LogP) is 2.26. The summed E-state index contributed by atoms with van der Waals surface area (Å²) in [5.41, 5.74) is 0.487. The van der Waals surface area contributed by atoms with Gasteiger partial charge in [0.15, 0.2) is 0 Å². The van der Waals surface area contributed by atoms with Gasteiger partial charge in [-0.2, -0.15) is 0 Å². The summed E-state index contributed by atoms with van der Waals surface area (Å²) in [5.74, 6) is 2.43. The van der Waals surface area contributed by atoms with Crippen molar-refractivity contribution >= 4 is 5.78 Å². The fraction of sp³-hybridized carbons (Fsp3) is 0.900. The molecule has 11 heavy (non-hydrogen) atoms. The second-order valence-electron chi connectivity index (χ2n) is 4.84. The van der Waals surface area contributed by atoms with E-state index in [0.717, 1.165) is 24.7 Å². The van der Waals surface area contributed by atoms with E-state index in [1.807, 2.05) is 0 Å². The van der Waals surface area contributed by atoms with Gasteiger partial charge in [-0.3, -0.25) is 4.79 Å². The lowest BCUT2D eigenvalue weighted by atomic mass is 9.90. The van der Waals surface area contributed by atoms with Crippen molar-refractivity contribution in [3.8, 4) is 0 Å². The molecule has 62 valence electrons. The van der Waals surface area contributed by atoms with Crippen molar-refractivity contribution in [3.05, 3.63) is 0 Å². The Morgan fingerprint density at radius 3 is 2.55 bits per heavy atom. The summed E-state index contributed by atoms with van der Waals surface area (Å²) in [7, 11) is 0. The van der Waals surface area contributed by atoms with E-state index in [1.54, 1.807) is 0 Å². The summed E-state index contributed by atoms with van der Waals surface area (Å²) < 4.78 is 0. The zero-order chi connectivity index (χ0) is 8.22. The first-order valence-electron chi connectivity index (χ1n) is 4.56. The summed E-state index contributed by atoms with van der Waals surface area (Å²) in [5, 5.41) is 0. The normalized spacial score (nSPS) is 46.8. The Bertz CT molecular complexity index is 205. The fourth-order valence-electron chi connectivity index (χ4n) is 2.66. The van der Waals surface area contributed by atoms with Crippen molar-refractivity contribution in [1.29, 1.82) is 0 Å². The average Bonchev–Trinajstić information content (AvgIpc) is 2.39. The van der Waals surface area contributed by atoms with Crippen LogP contribution in [0.15, 0.2) is 0 Å². The minimum absolute atomic E-state index is 0.345. The lowest BCUT2D eigenvalue weighted by Gasteiger charge is -2.14. The van der Waals surface area contributed by atoms with E-state index in [0.29, 0.717) is 17.1 Å². The van der Waals surface area contributed by atoms with Crippen LogP contribution in [0.5, 0.6) is 0 Å². The number of fused-ring (bicyclic) bond motifs is 1. The summed E-state index contributed by atoms with van der Waals surface area (Å²) in [4.78, 5) is 11.3. The molecule has 3 atom stereocenters. The van der Waals surface area contributed by atoms with Crippen LogP contribution in [-0.2, 0) is 4.79 Å². The number of ketones is 1. The molecule has 2 fully saturated rings. The molecule has 2 aliphatic carbocycles. The predicted molar refractivity (Wildman–Crippen MR) is 44.2 cm³/mol. The summed E-state index contributed by atoms with van der Waals surface area (Å²) in [6.45, 7) is 6.67. The Balaban J connectivity index is 2.12. The zero-order valence-electron chi connectivity index (χ0n) is 7.55. The summed E-state index contributed by atoms with van der Waals surface area (Å²) in [6.07, 6.45) is 2.01. The van der Waals surface area contributed by atoms with Gasteiger partial charge in [0.25, 0.3) is 0 Å².